The van der Waals surface area contributed by atoms with Gasteiger partial charge < -0.3 is 4.42 Å². The molecule has 1 aliphatic carbocycles. The molecular formula is C12H16BrClO. The maximum Gasteiger partial charge on any atom is 0.100 e. The molecule has 1 fully saturated rings. The average Bonchev–Trinajstić information content (AvgIpc) is 2.57. The Morgan fingerprint density at radius 3 is 2.87 bits per heavy atom. The minimum absolute atomic E-state index is 0.0880. The third-order valence-corrected chi connectivity index (χ3v) is 5.45. The predicted octanol–water partition coefficient (Wildman–Crippen LogP) is 4.62. The van der Waals surface area contributed by atoms with Crippen LogP contribution >= 0.6 is 27.5 Å². The molecule has 0 spiro atoms. The Labute approximate surface area is 104 Å². The molecule has 0 amide bonds. The number of hydrogen-bond donors (Lipinski definition) is 0. The zero-order valence-corrected chi connectivity index (χ0v) is 11.4. The number of aryl methyl sites for hydroxylation is 1. The number of hydrogen-bond acceptors (Lipinski definition) is 1. The molecule has 1 aliphatic rings. The summed E-state index contributed by atoms with van der Waals surface area (Å²) >= 11 is 10.1. The van der Waals surface area contributed by atoms with E-state index in [0.717, 1.165) is 25.0 Å². The number of furan rings is 1. The molecule has 1 heterocycles. The zero-order valence-electron chi connectivity index (χ0n) is 9.09. The molecule has 1 aromatic heterocycles. The van der Waals surface area contributed by atoms with E-state index >= 15 is 0 Å². The quantitative estimate of drug-likeness (QED) is 0.688. The minimum atomic E-state index is -0.0880. The third-order valence-electron chi connectivity index (χ3n) is 3.35. The summed E-state index contributed by atoms with van der Waals surface area (Å²) in [6.45, 7) is 4.11. The molecule has 84 valence electrons. The van der Waals surface area contributed by atoms with Crippen LogP contribution in [0.5, 0.6) is 0 Å². The monoisotopic (exact) mass is 290 g/mol. The molecule has 0 unspecified atom stereocenters. The van der Waals surface area contributed by atoms with E-state index in [0.29, 0.717) is 10.7 Å². The van der Waals surface area contributed by atoms with Gasteiger partial charge in [0.2, 0.25) is 0 Å². The molecule has 1 saturated carbocycles. The van der Waals surface area contributed by atoms with Crippen LogP contribution in [0, 0.1) is 6.92 Å². The highest BCUT2D eigenvalue weighted by Crippen LogP contribution is 2.44. The van der Waals surface area contributed by atoms with Crippen molar-refractivity contribution >= 4 is 27.5 Å². The second-order valence-corrected chi connectivity index (χ2v) is 6.68. The van der Waals surface area contributed by atoms with Gasteiger partial charge in [0.25, 0.3) is 0 Å². The van der Waals surface area contributed by atoms with Gasteiger partial charge in [-0.1, -0.05) is 15.9 Å². The van der Waals surface area contributed by atoms with Gasteiger partial charge in [0, 0.05) is 4.83 Å². The summed E-state index contributed by atoms with van der Waals surface area (Å²) in [4.78, 5) is 0.301. The maximum atomic E-state index is 6.41. The summed E-state index contributed by atoms with van der Waals surface area (Å²) in [6.07, 6.45) is 5.19. The highest BCUT2D eigenvalue weighted by molar-refractivity contribution is 9.09. The molecule has 0 aromatic carbocycles. The highest BCUT2D eigenvalue weighted by atomic mass is 79.9. The fourth-order valence-electron chi connectivity index (χ4n) is 2.21. The molecule has 15 heavy (non-hydrogen) atoms. The standard InChI is InChI=1S/C12H16BrClO/c1-8-5-10(7-15-8)9-3-4-12(2,14)11(13)6-9/h5,7,9,11H,3-4,6H2,1-2H3/t9-,11-,12-/m0/s1. The van der Waals surface area contributed by atoms with Crippen molar-refractivity contribution in [3.63, 3.8) is 0 Å². The topological polar surface area (TPSA) is 13.1 Å². The Hall–Kier alpha value is 0.0500. The van der Waals surface area contributed by atoms with Gasteiger partial charge in [-0.15, -0.1) is 11.6 Å². The van der Waals surface area contributed by atoms with Crippen LogP contribution in [-0.2, 0) is 0 Å². The van der Waals surface area contributed by atoms with Crippen LogP contribution in [0.25, 0.3) is 0 Å². The lowest BCUT2D eigenvalue weighted by Gasteiger charge is -2.36. The second-order valence-electron chi connectivity index (χ2n) is 4.71. The Balaban J connectivity index is 2.09. The van der Waals surface area contributed by atoms with Crippen molar-refractivity contribution in [2.75, 3.05) is 0 Å². The molecular weight excluding hydrogens is 275 g/mol. The summed E-state index contributed by atoms with van der Waals surface area (Å²) in [5.74, 6) is 1.59. The van der Waals surface area contributed by atoms with Gasteiger partial charge in [-0.3, -0.25) is 0 Å². The van der Waals surface area contributed by atoms with E-state index in [1.165, 1.54) is 5.56 Å². The van der Waals surface area contributed by atoms with Crippen LogP contribution in [0.3, 0.4) is 0 Å². The smallest absolute Gasteiger partial charge is 0.100 e. The van der Waals surface area contributed by atoms with Crippen molar-refractivity contribution in [1.29, 1.82) is 0 Å². The van der Waals surface area contributed by atoms with Crippen LogP contribution in [0.2, 0.25) is 0 Å². The van der Waals surface area contributed by atoms with E-state index in [9.17, 15) is 0 Å². The van der Waals surface area contributed by atoms with E-state index in [4.69, 9.17) is 16.0 Å². The maximum absolute atomic E-state index is 6.41. The number of halogens is 2. The molecule has 0 aliphatic heterocycles. The van der Waals surface area contributed by atoms with Gasteiger partial charge in [0.1, 0.15) is 5.76 Å². The minimum Gasteiger partial charge on any atom is -0.469 e. The molecule has 0 bridgehead atoms. The lowest BCUT2D eigenvalue weighted by Crippen LogP contribution is -2.35. The summed E-state index contributed by atoms with van der Waals surface area (Å²) in [7, 11) is 0. The summed E-state index contributed by atoms with van der Waals surface area (Å²) < 4.78 is 5.36. The van der Waals surface area contributed by atoms with E-state index in [1.54, 1.807) is 0 Å². The van der Waals surface area contributed by atoms with Crippen LogP contribution < -0.4 is 0 Å². The van der Waals surface area contributed by atoms with Crippen molar-refractivity contribution in [2.45, 2.75) is 48.7 Å². The fraction of sp³-hybridized carbons (Fsp3) is 0.667. The number of alkyl halides is 2. The van der Waals surface area contributed by atoms with Gasteiger partial charge in [-0.25, -0.2) is 0 Å². The van der Waals surface area contributed by atoms with Crippen molar-refractivity contribution in [3.05, 3.63) is 23.7 Å². The zero-order chi connectivity index (χ0) is 11.1. The first kappa shape index (κ1) is 11.5. The third kappa shape index (κ3) is 2.42. The lowest BCUT2D eigenvalue weighted by atomic mass is 9.79. The molecule has 1 nitrogen and oxygen atoms in total. The van der Waals surface area contributed by atoms with Crippen molar-refractivity contribution in [2.24, 2.45) is 0 Å². The molecule has 3 heteroatoms. The van der Waals surface area contributed by atoms with Crippen LogP contribution in [0.4, 0.5) is 0 Å². The molecule has 2 rings (SSSR count). The summed E-state index contributed by atoms with van der Waals surface area (Å²) in [6, 6.07) is 2.14. The first-order valence-electron chi connectivity index (χ1n) is 5.37. The Kier molecular flexibility index (Phi) is 3.18. The predicted molar refractivity (Wildman–Crippen MR) is 67.0 cm³/mol. The van der Waals surface area contributed by atoms with Crippen molar-refractivity contribution < 1.29 is 4.42 Å². The number of rotatable bonds is 1. The first-order valence-corrected chi connectivity index (χ1v) is 6.66. The fourth-order valence-corrected chi connectivity index (χ4v) is 3.09. The first-order chi connectivity index (χ1) is 6.99. The van der Waals surface area contributed by atoms with E-state index in [2.05, 4.69) is 28.9 Å². The molecule has 0 saturated heterocycles. The van der Waals surface area contributed by atoms with Crippen LogP contribution in [-0.4, -0.2) is 9.70 Å². The Morgan fingerprint density at radius 2 is 2.33 bits per heavy atom. The van der Waals surface area contributed by atoms with Crippen molar-refractivity contribution in [3.8, 4) is 0 Å². The summed E-state index contributed by atoms with van der Waals surface area (Å²) in [5, 5.41) is 0. The van der Waals surface area contributed by atoms with Gasteiger partial charge in [0.15, 0.2) is 0 Å². The molecule has 3 atom stereocenters. The van der Waals surface area contributed by atoms with E-state index in [-0.39, 0.29) is 4.87 Å². The van der Waals surface area contributed by atoms with Gasteiger partial charge in [-0.05, 0) is 50.7 Å². The normalized spacial score (nSPS) is 36.8. The summed E-state index contributed by atoms with van der Waals surface area (Å²) in [5.41, 5.74) is 1.32. The van der Waals surface area contributed by atoms with Crippen molar-refractivity contribution in [1.82, 2.24) is 0 Å². The molecule has 0 radical (unpaired) electrons. The van der Waals surface area contributed by atoms with Gasteiger partial charge >= 0.3 is 0 Å². The van der Waals surface area contributed by atoms with Gasteiger partial charge in [0.05, 0.1) is 11.1 Å². The van der Waals surface area contributed by atoms with Crippen LogP contribution in [0.1, 0.15) is 43.4 Å². The second kappa shape index (κ2) is 4.14. The largest absolute Gasteiger partial charge is 0.469 e. The van der Waals surface area contributed by atoms with Gasteiger partial charge in [-0.2, -0.15) is 0 Å². The lowest BCUT2D eigenvalue weighted by molar-refractivity contribution is 0.386. The van der Waals surface area contributed by atoms with E-state index < -0.39 is 0 Å². The average molecular weight is 292 g/mol. The molecule has 0 N–H and O–H groups in total. The Morgan fingerprint density at radius 1 is 1.60 bits per heavy atom. The highest BCUT2D eigenvalue weighted by Gasteiger charge is 2.37. The SMILES string of the molecule is Cc1cc([C@H]2CC[C@](C)(Cl)[C@@H](Br)C2)co1. The van der Waals surface area contributed by atoms with E-state index in [1.807, 2.05) is 13.2 Å². The van der Waals surface area contributed by atoms with Crippen LogP contribution in [0.15, 0.2) is 16.7 Å². The Bertz CT molecular complexity index is 345. The molecule has 1 aromatic rings.